The van der Waals surface area contributed by atoms with Crippen LogP contribution in [-0.2, 0) is 19.4 Å². The molecule has 4 rings (SSSR count). The van der Waals surface area contributed by atoms with E-state index < -0.39 is 0 Å². The van der Waals surface area contributed by atoms with Gasteiger partial charge in [-0.2, -0.15) is 0 Å². The number of fused-ring (bicyclic) bond motifs is 4. The topological polar surface area (TPSA) is 51.2 Å². The predicted molar refractivity (Wildman–Crippen MR) is 99.5 cm³/mol. The van der Waals surface area contributed by atoms with Crippen LogP contribution in [0.4, 0.5) is 0 Å². The molecule has 0 saturated heterocycles. The van der Waals surface area contributed by atoms with Gasteiger partial charge in [0.1, 0.15) is 0 Å². The lowest BCUT2D eigenvalue weighted by Crippen LogP contribution is -2.39. The number of phenols is 1. The molecule has 0 unspecified atom stereocenters. The molecule has 0 radical (unpaired) electrons. The zero-order valence-corrected chi connectivity index (χ0v) is 15.8. The van der Waals surface area contributed by atoms with E-state index in [9.17, 15) is 5.11 Å². The molecule has 0 amide bonds. The summed E-state index contributed by atoms with van der Waals surface area (Å²) in [5, 5.41) is 10.3. The quantitative estimate of drug-likeness (QED) is 0.915. The molecule has 2 aliphatic rings. The number of phenolic OH excluding ortho intramolecular Hbond substituents is 1. The SMILES string of the molecule is COc1cc2c(cc1O)[C@@H]1Cc3c(cc(C)c(OC)c3OC)CN1CC2. The summed E-state index contributed by atoms with van der Waals surface area (Å²) in [4.78, 5) is 2.49. The number of benzene rings is 2. The molecule has 138 valence electrons. The first kappa shape index (κ1) is 17.0. The molecule has 0 aliphatic carbocycles. The third-order valence-corrected chi connectivity index (χ3v) is 5.70. The Morgan fingerprint density at radius 2 is 1.77 bits per heavy atom. The lowest BCUT2D eigenvalue weighted by atomic mass is 9.83. The van der Waals surface area contributed by atoms with Crippen LogP contribution in [0.2, 0.25) is 0 Å². The Morgan fingerprint density at radius 1 is 1.00 bits per heavy atom. The second-order valence-corrected chi connectivity index (χ2v) is 7.06. The Bertz CT molecular complexity index is 862. The van der Waals surface area contributed by atoms with Crippen LogP contribution in [0.5, 0.6) is 23.0 Å². The molecule has 0 aromatic heterocycles. The van der Waals surface area contributed by atoms with Crippen molar-refractivity contribution in [2.45, 2.75) is 32.4 Å². The van der Waals surface area contributed by atoms with Crippen LogP contribution in [0.15, 0.2) is 18.2 Å². The van der Waals surface area contributed by atoms with E-state index in [-0.39, 0.29) is 11.8 Å². The van der Waals surface area contributed by atoms with Crippen LogP contribution in [0.3, 0.4) is 0 Å². The number of nitrogens with zero attached hydrogens (tertiary/aromatic N) is 1. The second-order valence-electron chi connectivity index (χ2n) is 7.06. The zero-order valence-electron chi connectivity index (χ0n) is 15.8. The fraction of sp³-hybridized carbons (Fsp3) is 0.429. The Hall–Kier alpha value is -2.40. The standard InChI is InChI=1S/C21H25NO4/c1-12-7-14-11-22-6-5-13-8-19(24-2)18(23)10-15(13)17(22)9-16(14)21(26-4)20(12)25-3/h7-8,10,17,23H,5-6,9,11H2,1-4H3/t17-/m0/s1. The molecule has 2 aromatic carbocycles. The number of methoxy groups -OCH3 is 3. The minimum Gasteiger partial charge on any atom is -0.504 e. The highest BCUT2D eigenvalue weighted by Gasteiger charge is 2.35. The molecule has 1 atom stereocenters. The van der Waals surface area contributed by atoms with Gasteiger partial charge in [-0.05, 0) is 54.2 Å². The summed E-state index contributed by atoms with van der Waals surface area (Å²) in [7, 11) is 4.98. The van der Waals surface area contributed by atoms with Gasteiger partial charge in [-0.25, -0.2) is 0 Å². The monoisotopic (exact) mass is 355 g/mol. The van der Waals surface area contributed by atoms with Gasteiger partial charge >= 0.3 is 0 Å². The molecule has 0 fully saturated rings. The van der Waals surface area contributed by atoms with E-state index in [0.29, 0.717) is 5.75 Å². The van der Waals surface area contributed by atoms with E-state index in [1.54, 1.807) is 21.3 Å². The Balaban J connectivity index is 1.81. The van der Waals surface area contributed by atoms with Gasteiger partial charge in [-0.3, -0.25) is 4.90 Å². The van der Waals surface area contributed by atoms with Crippen molar-refractivity contribution >= 4 is 0 Å². The van der Waals surface area contributed by atoms with Gasteiger partial charge in [0.15, 0.2) is 23.0 Å². The summed E-state index contributed by atoms with van der Waals surface area (Å²) in [6, 6.07) is 6.29. The third-order valence-electron chi connectivity index (χ3n) is 5.70. The average Bonchev–Trinajstić information content (AvgIpc) is 2.65. The van der Waals surface area contributed by atoms with Crippen molar-refractivity contribution in [1.82, 2.24) is 4.90 Å². The van der Waals surface area contributed by atoms with Gasteiger partial charge in [0.2, 0.25) is 0 Å². The van der Waals surface area contributed by atoms with Crippen LogP contribution in [0.25, 0.3) is 0 Å². The van der Waals surface area contributed by atoms with Gasteiger partial charge in [0.05, 0.1) is 21.3 Å². The van der Waals surface area contributed by atoms with Crippen LogP contribution in [-0.4, -0.2) is 37.9 Å². The van der Waals surface area contributed by atoms with Crippen molar-refractivity contribution < 1.29 is 19.3 Å². The highest BCUT2D eigenvalue weighted by atomic mass is 16.5. The summed E-state index contributed by atoms with van der Waals surface area (Å²) >= 11 is 0. The van der Waals surface area contributed by atoms with Crippen LogP contribution in [0.1, 0.15) is 33.9 Å². The number of hydrogen-bond donors (Lipinski definition) is 1. The maximum atomic E-state index is 10.3. The van der Waals surface area contributed by atoms with Gasteiger partial charge in [-0.15, -0.1) is 0 Å². The minimum absolute atomic E-state index is 0.201. The van der Waals surface area contributed by atoms with Crippen molar-refractivity contribution in [3.8, 4) is 23.0 Å². The van der Waals surface area contributed by atoms with Crippen LogP contribution >= 0.6 is 0 Å². The van der Waals surface area contributed by atoms with Crippen LogP contribution < -0.4 is 14.2 Å². The van der Waals surface area contributed by atoms with E-state index in [0.717, 1.165) is 43.0 Å². The lowest BCUT2D eigenvalue weighted by molar-refractivity contribution is 0.158. The number of rotatable bonds is 3. The molecular weight excluding hydrogens is 330 g/mol. The summed E-state index contributed by atoms with van der Waals surface area (Å²) in [5.74, 6) is 2.40. The number of aryl methyl sites for hydroxylation is 1. The molecule has 1 N–H and O–H groups in total. The third kappa shape index (κ3) is 2.50. The first-order chi connectivity index (χ1) is 12.6. The van der Waals surface area contributed by atoms with E-state index in [2.05, 4.69) is 17.9 Å². The minimum atomic E-state index is 0.201. The molecule has 2 aliphatic heterocycles. The van der Waals surface area contributed by atoms with Crippen molar-refractivity contribution in [2.24, 2.45) is 0 Å². The molecule has 0 spiro atoms. The molecule has 5 heteroatoms. The summed E-state index contributed by atoms with van der Waals surface area (Å²) in [6.07, 6.45) is 1.80. The molecule has 2 aromatic rings. The number of aromatic hydroxyl groups is 1. The largest absolute Gasteiger partial charge is 0.504 e. The van der Waals surface area contributed by atoms with Gasteiger partial charge < -0.3 is 19.3 Å². The maximum absolute atomic E-state index is 10.3. The van der Waals surface area contributed by atoms with Gasteiger partial charge in [0.25, 0.3) is 0 Å². The van der Waals surface area contributed by atoms with E-state index in [1.807, 2.05) is 12.1 Å². The summed E-state index contributed by atoms with van der Waals surface area (Å²) in [6.45, 7) is 3.94. The zero-order chi connectivity index (χ0) is 18.4. The molecule has 2 heterocycles. The van der Waals surface area contributed by atoms with Gasteiger partial charge in [-0.1, -0.05) is 6.07 Å². The summed E-state index contributed by atoms with van der Waals surface area (Å²) in [5.41, 5.74) is 6.04. The van der Waals surface area contributed by atoms with Crippen molar-refractivity contribution in [3.05, 3.63) is 46.0 Å². The number of ether oxygens (including phenoxy) is 3. The fourth-order valence-corrected chi connectivity index (χ4v) is 4.48. The first-order valence-electron chi connectivity index (χ1n) is 8.94. The number of hydrogen-bond acceptors (Lipinski definition) is 5. The molecule has 0 saturated carbocycles. The van der Waals surface area contributed by atoms with Crippen molar-refractivity contribution in [1.29, 1.82) is 0 Å². The molecular formula is C21H25NO4. The highest BCUT2D eigenvalue weighted by molar-refractivity contribution is 5.57. The average molecular weight is 355 g/mol. The highest BCUT2D eigenvalue weighted by Crippen LogP contribution is 2.46. The maximum Gasteiger partial charge on any atom is 0.164 e. The normalized spacial score (nSPS) is 18.5. The smallest absolute Gasteiger partial charge is 0.164 e. The van der Waals surface area contributed by atoms with E-state index in [1.165, 1.54) is 22.3 Å². The first-order valence-corrected chi connectivity index (χ1v) is 8.94. The van der Waals surface area contributed by atoms with E-state index >= 15 is 0 Å². The molecule has 5 nitrogen and oxygen atoms in total. The van der Waals surface area contributed by atoms with Gasteiger partial charge in [0, 0.05) is 24.7 Å². The second kappa shape index (κ2) is 6.40. The van der Waals surface area contributed by atoms with E-state index in [4.69, 9.17) is 14.2 Å². The molecule has 26 heavy (non-hydrogen) atoms. The van der Waals surface area contributed by atoms with Crippen molar-refractivity contribution in [2.75, 3.05) is 27.9 Å². The van der Waals surface area contributed by atoms with Crippen LogP contribution in [0, 0.1) is 6.92 Å². The fourth-order valence-electron chi connectivity index (χ4n) is 4.48. The summed E-state index contributed by atoms with van der Waals surface area (Å²) < 4.78 is 16.6. The Kier molecular flexibility index (Phi) is 4.19. The van der Waals surface area contributed by atoms with Crippen molar-refractivity contribution in [3.63, 3.8) is 0 Å². The lowest BCUT2D eigenvalue weighted by Gasteiger charge is -2.42. The Morgan fingerprint density at radius 3 is 2.46 bits per heavy atom. The molecule has 0 bridgehead atoms. The Labute approximate surface area is 154 Å². The predicted octanol–water partition coefficient (Wildman–Crippen LogP) is 3.38.